The number of halogens is 6. The predicted octanol–water partition coefficient (Wildman–Crippen LogP) is 3.82. The third kappa shape index (κ3) is 2.87. The standard InChI is InChI=1S/C16H11F6N5/c1-7-4-8(5-9-6-23-25-12(7)9)13-10(15(17,18)19)2-3-11-24-14(16(20,21)22)26-27(11)13/h2-6,14,26H,1H3,(H,23,25). The molecule has 1 aromatic carbocycles. The molecule has 1 aromatic heterocycles. The Bertz CT molecular complexity index is 1010. The van der Waals surface area contributed by atoms with Gasteiger partial charge in [0.15, 0.2) is 0 Å². The normalized spacial score (nSPS) is 20.5. The second-order valence-corrected chi connectivity index (χ2v) is 6.12. The van der Waals surface area contributed by atoms with Crippen LogP contribution in [-0.4, -0.2) is 39.6 Å². The predicted molar refractivity (Wildman–Crippen MR) is 85.2 cm³/mol. The summed E-state index contributed by atoms with van der Waals surface area (Å²) in [7, 11) is 0. The highest BCUT2D eigenvalue weighted by molar-refractivity contribution is 6.04. The van der Waals surface area contributed by atoms with Gasteiger partial charge >= 0.3 is 12.4 Å². The smallest absolute Gasteiger partial charge is 0.278 e. The number of aromatic amines is 1. The zero-order chi connectivity index (χ0) is 19.6. The van der Waals surface area contributed by atoms with Gasteiger partial charge in [-0.05, 0) is 36.8 Å². The maximum atomic E-state index is 13.6. The minimum Gasteiger partial charge on any atom is -0.278 e. The number of nitrogens with one attached hydrogen (secondary N) is 2. The molecule has 1 unspecified atom stereocenters. The molecule has 0 bridgehead atoms. The van der Waals surface area contributed by atoms with Crippen molar-refractivity contribution in [2.24, 2.45) is 4.99 Å². The van der Waals surface area contributed by atoms with Gasteiger partial charge in [-0.1, -0.05) is 0 Å². The monoisotopic (exact) mass is 387 g/mol. The number of allylic oxidation sites excluding steroid dienone is 2. The number of fused-ring (bicyclic) bond motifs is 2. The van der Waals surface area contributed by atoms with E-state index in [1.807, 2.05) is 5.43 Å². The third-order valence-electron chi connectivity index (χ3n) is 4.25. The number of hydrogen-bond acceptors (Lipinski definition) is 4. The van der Waals surface area contributed by atoms with Crippen LogP contribution in [0.5, 0.6) is 0 Å². The van der Waals surface area contributed by atoms with Crippen molar-refractivity contribution in [3.05, 3.63) is 47.2 Å². The van der Waals surface area contributed by atoms with Crippen LogP contribution in [0.2, 0.25) is 0 Å². The van der Waals surface area contributed by atoms with Crippen molar-refractivity contribution < 1.29 is 26.3 Å². The number of hydrogen-bond donors (Lipinski definition) is 2. The Morgan fingerprint density at radius 1 is 1.07 bits per heavy atom. The first-order valence-corrected chi connectivity index (χ1v) is 7.70. The lowest BCUT2D eigenvalue weighted by atomic mass is 9.99. The topological polar surface area (TPSA) is 56.3 Å². The summed E-state index contributed by atoms with van der Waals surface area (Å²) in [5.74, 6) is -0.245. The number of H-pyrrole nitrogens is 1. The van der Waals surface area contributed by atoms with Crippen molar-refractivity contribution in [3.63, 3.8) is 0 Å². The molecule has 0 saturated heterocycles. The van der Waals surface area contributed by atoms with Crippen LogP contribution >= 0.6 is 0 Å². The van der Waals surface area contributed by atoms with Crippen LogP contribution < -0.4 is 5.43 Å². The Hall–Kier alpha value is -2.82. The largest absolute Gasteiger partial charge is 0.425 e. The Labute approximate surface area is 148 Å². The summed E-state index contributed by atoms with van der Waals surface area (Å²) in [5.41, 5.74) is 1.84. The van der Waals surface area contributed by atoms with Crippen LogP contribution in [0.15, 0.2) is 41.0 Å². The fourth-order valence-corrected chi connectivity index (χ4v) is 3.09. The molecule has 2 aliphatic rings. The van der Waals surface area contributed by atoms with Gasteiger partial charge in [0.25, 0.3) is 0 Å². The van der Waals surface area contributed by atoms with Crippen molar-refractivity contribution in [3.8, 4) is 0 Å². The van der Waals surface area contributed by atoms with Gasteiger partial charge < -0.3 is 0 Å². The molecule has 0 amide bonds. The van der Waals surface area contributed by atoms with Gasteiger partial charge in [-0.15, -0.1) is 0 Å². The number of hydrazine groups is 1. The average Bonchev–Trinajstić information content (AvgIpc) is 3.18. The summed E-state index contributed by atoms with van der Waals surface area (Å²) >= 11 is 0. The summed E-state index contributed by atoms with van der Waals surface area (Å²) in [5, 5.41) is 7.85. The first-order valence-electron chi connectivity index (χ1n) is 7.70. The maximum Gasteiger partial charge on any atom is 0.425 e. The number of amidine groups is 1. The van der Waals surface area contributed by atoms with Crippen LogP contribution in [0.4, 0.5) is 26.3 Å². The van der Waals surface area contributed by atoms with Crippen LogP contribution in [-0.2, 0) is 0 Å². The van der Waals surface area contributed by atoms with Crippen molar-refractivity contribution in [2.75, 3.05) is 0 Å². The second-order valence-electron chi connectivity index (χ2n) is 6.12. The molecule has 0 fully saturated rings. The Balaban J connectivity index is 1.91. The second kappa shape index (κ2) is 5.59. The van der Waals surface area contributed by atoms with Crippen molar-refractivity contribution in [1.82, 2.24) is 20.6 Å². The van der Waals surface area contributed by atoms with E-state index in [0.717, 1.165) is 17.2 Å². The lowest BCUT2D eigenvalue weighted by Crippen LogP contribution is -2.46. The number of rotatable bonds is 1. The van der Waals surface area contributed by atoms with Crippen LogP contribution in [0.25, 0.3) is 16.6 Å². The van der Waals surface area contributed by atoms with E-state index in [9.17, 15) is 26.3 Å². The van der Waals surface area contributed by atoms with E-state index < -0.39 is 29.8 Å². The Morgan fingerprint density at radius 3 is 2.48 bits per heavy atom. The van der Waals surface area contributed by atoms with E-state index >= 15 is 0 Å². The highest BCUT2D eigenvalue weighted by Crippen LogP contribution is 2.40. The van der Waals surface area contributed by atoms with E-state index in [-0.39, 0.29) is 11.4 Å². The fourth-order valence-electron chi connectivity index (χ4n) is 3.09. The highest BCUT2D eigenvalue weighted by Gasteiger charge is 2.48. The molecule has 5 nitrogen and oxygen atoms in total. The van der Waals surface area contributed by atoms with Crippen molar-refractivity contribution in [2.45, 2.75) is 25.4 Å². The summed E-state index contributed by atoms with van der Waals surface area (Å²) in [6, 6.07) is 2.90. The summed E-state index contributed by atoms with van der Waals surface area (Å²) < 4.78 is 79.8. The molecule has 11 heteroatoms. The number of aryl methyl sites for hydroxylation is 1. The van der Waals surface area contributed by atoms with E-state index in [1.165, 1.54) is 18.3 Å². The number of alkyl halides is 6. The van der Waals surface area contributed by atoms with Crippen LogP contribution in [0.3, 0.4) is 0 Å². The minimum absolute atomic E-state index is 0.0982. The number of benzene rings is 1. The van der Waals surface area contributed by atoms with Gasteiger partial charge in [0.2, 0.25) is 6.17 Å². The van der Waals surface area contributed by atoms with Crippen LogP contribution in [0.1, 0.15) is 11.1 Å². The first kappa shape index (κ1) is 17.6. The van der Waals surface area contributed by atoms with Crippen molar-refractivity contribution in [1.29, 1.82) is 0 Å². The van der Waals surface area contributed by atoms with E-state index in [2.05, 4.69) is 15.2 Å². The van der Waals surface area contributed by atoms with Gasteiger partial charge in [-0.3, -0.25) is 10.1 Å². The summed E-state index contributed by atoms with van der Waals surface area (Å²) in [6.07, 6.45) is -8.75. The molecule has 0 saturated carbocycles. The Kier molecular flexibility index (Phi) is 3.64. The molecule has 142 valence electrons. The van der Waals surface area contributed by atoms with E-state index in [1.54, 1.807) is 6.92 Å². The first-order chi connectivity index (χ1) is 12.6. The molecular formula is C16H11F6N5. The molecule has 4 rings (SSSR count). The molecule has 0 spiro atoms. The maximum absolute atomic E-state index is 13.6. The van der Waals surface area contributed by atoms with E-state index in [0.29, 0.717) is 16.5 Å². The molecule has 0 aliphatic carbocycles. The average molecular weight is 387 g/mol. The molecule has 3 heterocycles. The van der Waals surface area contributed by atoms with Gasteiger partial charge in [-0.2, -0.15) is 36.9 Å². The van der Waals surface area contributed by atoms with Gasteiger partial charge in [0, 0.05) is 10.9 Å². The van der Waals surface area contributed by atoms with Crippen molar-refractivity contribution >= 4 is 22.4 Å². The third-order valence-corrected chi connectivity index (χ3v) is 4.25. The number of nitrogens with zero attached hydrogens (tertiary/aromatic N) is 3. The molecule has 1 atom stereocenters. The Morgan fingerprint density at radius 2 is 1.81 bits per heavy atom. The van der Waals surface area contributed by atoms with Gasteiger partial charge in [0.05, 0.1) is 23.0 Å². The van der Waals surface area contributed by atoms with Crippen LogP contribution in [0, 0.1) is 6.92 Å². The SMILES string of the molecule is Cc1cc(C2=C(C(F)(F)F)C=CC3=NC(C(F)(F)F)NN32)cc2cn[nH]c12. The number of aliphatic imine (C=N–C) groups is 1. The number of aromatic nitrogens is 2. The lowest BCUT2D eigenvalue weighted by Gasteiger charge is -2.29. The van der Waals surface area contributed by atoms with Gasteiger partial charge in [0.1, 0.15) is 5.84 Å². The molecule has 2 N–H and O–H groups in total. The molecule has 0 radical (unpaired) electrons. The fraction of sp³-hybridized carbons (Fsp3) is 0.250. The molecule has 2 aliphatic heterocycles. The molecular weight excluding hydrogens is 376 g/mol. The quantitative estimate of drug-likeness (QED) is 0.732. The van der Waals surface area contributed by atoms with E-state index in [4.69, 9.17) is 0 Å². The molecule has 27 heavy (non-hydrogen) atoms. The zero-order valence-corrected chi connectivity index (χ0v) is 13.6. The zero-order valence-electron chi connectivity index (χ0n) is 13.6. The lowest BCUT2D eigenvalue weighted by molar-refractivity contribution is -0.156. The minimum atomic E-state index is -4.77. The summed E-state index contributed by atoms with van der Waals surface area (Å²) in [6.45, 7) is 1.67. The summed E-state index contributed by atoms with van der Waals surface area (Å²) in [4.78, 5) is 3.45. The molecule has 2 aromatic rings. The van der Waals surface area contributed by atoms with Gasteiger partial charge in [-0.25, -0.2) is 4.99 Å². The highest BCUT2D eigenvalue weighted by atomic mass is 19.4.